The molecular formula is C18H16O2. The molecule has 0 fully saturated rings. The molecule has 0 atom stereocenters. The van der Waals surface area contributed by atoms with Crippen LogP contribution in [0.5, 0.6) is 0 Å². The van der Waals surface area contributed by atoms with Gasteiger partial charge in [-0.3, -0.25) is 0 Å². The van der Waals surface area contributed by atoms with E-state index in [1.165, 1.54) is 22.8 Å². The molecule has 0 amide bonds. The quantitative estimate of drug-likeness (QED) is 0.672. The summed E-state index contributed by atoms with van der Waals surface area (Å²) in [4.78, 5) is 11.1. The maximum absolute atomic E-state index is 11.1. The van der Waals surface area contributed by atoms with Gasteiger partial charge in [-0.1, -0.05) is 35.9 Å². The van der Waals surface area contributed by atoms with E-state index >= 15 is 0 Å². The summed E-state index contributed by atoms with van der Waals surface area (Å²) in [6.07, 6.45) is 1.32. The SMILES string of the molecule is Cc1ccc2c(c1)/C(=C/C(=O)O)c1ccc(C)c(C)c1-2. The number of carbonyl (C=O) groups is 1. The van der Waals surface area contributed by atoms with Gasteiger partial charge in [-0.05, 0) is 59.7 Å². The van der Waals surface area contributed by atoms with Crippen molar-refractivity contribution >= 4 is 11.5 Å². The molecule has 0 heterocycles. The van der Waals surface area contributed by atoms with Gasteiger partial charge in [-0.2, -0.15) is 0 Å². The minimum Gasteiger partial charge on any atom is -0.478 e. The minimum absolute atomic E-state index is 0.814. The first kappa shape index (κ1) is 12.7. The Morgan fingerprint density at radius 3 is 2.40 bits per heavy atom. The van der Waals surface area contributed by atoms with Gasteiger partial charge in [0.25, 0.3) is 0 Å². The predicted octanol–water partition coefficient (Wildman–Crippen LogP) is 4.11. The second kappa shape index (κ2) is 4.34. The molecule has 0 aliphatic heterocycles. The van der Waals surface area contributed by atoms with Crippen LogP contribution in [0.1, 0.15) is 27.8 Å². The fourth-order valence-electron chi connectivity index (χ4n) is 2.91. The van der Waals surface area contributed by atoms with Gasteiger partial charge < -0.3 is 5.11 Å². The number of carboxylic acid groups (broad SMARTS) is 1. The second-order valence-corrected chi connectivity index (χ2v) is 5.38. The first-order chi connectivity index (χ1) is 9.49. The van der Waals surface area contributed by atoms with Crippen molar-refractivity contribution in [1.82, 2.24) is 0 Å². The molecule has 1 aliphatic carbocycles. The van der Waals surface area contributed by atoms with Crippen molar-refractivity contribution in [2.75, 3.05) is 0 Å². The highest BCUT2D eigenvalue weighted by Gasteiger charge is 2.26. The zero-order valence-electron chi connectivity index (χ0n) is 11.8. The van der Waals surface area contributed by atoms with Crippen LogP contribution in [0, 0.1) is 20.8 Å². The van der Waals surface area contributed by atoms with Crippen LogP contribution in [0.25, 0.3) is 16.7 Å². The van der Waals surface area contributed by atoms with Gasteiger partial charge >= 0.3 is 5.97 Å². The van der Waals surface area contributed by atoms with Crippen LogP contribution in [-0.2, 0) is 4.79 Å². The number of aliphatic carboxylic acids is 1. The number of hydrogen-bond acceptors (Lipinski definition) is 1. The number of fused-ring (bicyclic) bond motifs is 3. The Balaban J connectivity index is 2.41. The average molecular weight is 264 g/mol. The van der Waals surface area contributed by atoms with Crippen molar-refractivity contribution < 1.29 is 9.90 Å². The highest BCUT2D eigenvalue weighted by Crippen LogP contribution is 2.46. The van der Waals surface area contributed by atoms with E-state index in [2.05, 4.69) is 38.1 Å². The number of carboxylic acids is 1. The Morgan fingerprint density at radius 2 is 1.70 bits per heavy atom. The maximum Gasteiger partial charge on any atom is 0.328 e. The summed E-state index contributed by atoms with van der Waals surface area (Å²) in [5, 5.41) is 9.14. The lowest BCUT2D eigenvalue weighted by Crippen LogP contribution is -1.92. The molecule has 20 heavy (non-hydrogen) atoms. The maximum atomic E-state index is 11.1. The van der Waals surface area contributed by atoms with E-state index in [0.717, 1.165) is 27.8 Å². The predicted molar refractivity (Wildman–Crippen MR) is 80.8 cm³/mol. The zero-order chi connectivity index (χ0) is 14.4. The third kappa shape index (κ3) is 1.76. The molecule has 0 saturated heterocycles. The monoisotopic (exact) mass is 264 g/mol. The molecule has 0 bridgehead atoms. The molecule has 2 nitrogen and oxygen atoms in total. The third-order valence-corrected chi connectivity index (χ3v) is 4.03. The van der Waals surface area contributed by atoms with Crippen molar-refractivity contribution in [2.45, 2.75) is 20.8 Å². The summed E-state index contributed by atoms with van der Waals surface area (Å²) in [7, 11) is 0. The van der Waals surface area contributed by atoms with Crippen LogP contribution in [-0.4, -0.2) is 11.1 Å². The molecule has 2 aromatic carbocycles. The molecule has 0 radical (unpaired) electrons. The van der Waals surface area contributed by atoms with E-state index in [1.54, 1.807) is 0 Å². The minimum atomic E-state index is -0.904. The van der Waals surface area contributed by atoms with Crippen molar-refractivity contribution in [2.24, 2.45) is 0 Å². The van der Waals surface area contributed by atoms with E-state index in [4.69, 9.17) is 5.11 Å². The summed E-state index contributed by atoms with van der Waals surface area (Å²) in [6, 6.07) is 10.3. The van der Waals surface area contributed by atoms with Gasteiger partial charge in [-0.25, -0.2) is 4.79 Å². The number of rotatable bonds is 1. The highest BCUT2D eigenvalue weighted by molar-refractivity contribution is 6.07. The lowest BCUT2D eigenvalue weighted by atomic mass is 9.96. The van der Waals surface area contributed by atoms with Gasteiger partial charge in [-0.15, -0.1) is 0 Å². The molecule has 0 aromatic heterocycles. The molecule has 1 aliphatic rings. The molecule has 3 rings (SSSR count). The van der Waals surface area contributed by atoms with Gasteiger partial charge in [0.15, 0.2) is 0 Å². The van der Waals surface area contributed by atoms with Gasteiger partial charge in [0, 0.05) is 6.08 Å². The lowest BCUT2D eigenvalue weighted by molar-refractivity contribution is -0.131. The van der Waals surface area contributed by atoms with Crippen LogP contribution >= 0.6 is 0 Å². The molecule has 2 heteroatoms. The Bertz CT molecular complexity index is 767. The third-order valence-electron chi connectivity index (χ3n) is 4.03. The number of hydrogen-bond donors (Lipinski definition) is 1. The summed E-state index contributed by atoms with van der Waals surface area (Å²) in [5.41, 5.74) is 8.77. The van der Waals surface area contributed by atoms with E-state index in [9.17, 15) is 4.79 Å². The van der Waals surface area contributed by atoms with Crippen molar-refractivity contribution in [3.8, 4) is 11.1 Å². The molecule has 2 aromatic rings. The summed E-state index contributed by atoms with van der Waals surface area (Å²) >= 11 is 0. The summed E-state index contributed by atoms with van der Waals surface area (Å²) in [5.74, 6) is -0.904. The van der Waals surface area contributed by atoms with Crippen molar-refractivity contribution in [3.05, 3.63) is 64.2 Å². The van der Waals surface area contributed by atoms with E-state index < -0.39 is 5.97 Å². The molecule has 0 saturated carbocycles. The Morgan fingerprint density at radius 1 is 1.00 bits per heavy atom. The number of benzene rings is 2. The summed E-state index contributed by atoms with van der Waals surface area (Å²) in [6.45, 7) is 6.21. The van der Waals surface area contributed by atoms with Crippen LogP contribution in [0.2, 0.25) is 0 Å². The van der Waals surface area contributed by atoms with Crippen LogP contribution in [0.4, 0.5) is 0 Å². The number of aryl methyl sites for hydroxylation is 2. The second-order valence-electron chi connectivity index (χ2n) is 5.38. The average Bonchev–Trinajstić information content (AvgIpc) is 2.68. The first-order valence-corrected chi connectivity index (χ1v) is 6.65. The van der Waals surface area contributed by atoms with Gasteiger partial charge in [0.1, 0.15) is 0 Å². The molecular weight excluding hydrogens is 248 g/mol. The smallest absolute Gasteiger partial charge is 0.328 e. The molecule has 1 N–H and O–H groups in total. The highest BCUT2D eigenvalue weighted by atomic mass is 16.4. The Hall–Kier alpha value is -2.35. The van der Waals surface area contributed by atoms with Crippen molar-refractivity contribution in [3.63, 3.8) is 0 Å². The van der Waals surface area contributed by atoms with E-state index in [1.807, 2.05) is 13.0 Å². The van der Waals surface area contributed by atoms with E-state index in [0.29, 0.717) is 0 Å². The van der Waals surface area contributed by atoms with Gasteiger partial charge in [0.05, 0.1) is 0 Å². The summed E-state index contributed by atoms with van der Waals surface area (Å²) < 4.78 is 0. The Labute approximate surface area is 118 Å². The van der Waals surface area contributed by atoms with E-state index in [-0.39, 0.29) is 0 Å². The zero-order valence-corrected chi connectivity index (χ0v) is 11.8. The first-order valence-electron chi connectivity index (χ1n) is 6.65. The fourth-order valence-corrected chi connectivity index (χ4v) is 2.91. The van der Waals surface area contributed by atoms with Crippen LogP contribution in [0.15, 0.2) is 36.4 Å². The standard InChI is InChI=1S/C18H16O2/c1-10-4-6-13-15(8-10)16(9-17(19)20)14-7-5-11(2)12(3)18(13)14/h4-9H,1-3H3,(H,19,20)/b16-9+. The van der Waals surface area contributed by atoms with Gasteiger partial charge in [0.2, 0.25) is 0 Å². The lowest BCUT2D eigenvalue weighted by Gasteiger charge is -2.08. The molecule has 0 unspecified atom stereocenters. The largest absolute Gasteiger partial charge is 0.478 e. The molecule has 0 spiro atoms. The normalized spacial score (nSPS) is 14.2. The van der Waals surface area contributed by atoms with Crippen LogP contribution in [0.3, 0.4) is 0 Å². The topological polar surface area (TPSA) is 37.3 Å². The molecule has 100 valence electrons. The van der Waals surface area contributed by atoms with Crippen LogP contribution < -0.4 is 0 Å². The Kier molecular flexibility index (Phi) is 2.75. The fraction of sp³-hybridized carbons (Fsp3) is 0.167. The van der Waals surface area contributed by atoms with Crippen molar-refractivity contribution in [1.29, 1.82) is 0 Å².